The smallest absolute Gasteiger partial charge is 0.408 e. The second kappa shape index (κ2) is 22.5. The highest BCUT2D eigenvalue weighted by atomic mass is 35.5. The fraction of sp³-hybridized carbons (Fsp3) is 0.500. The van der Waals surface area contributed by atoms with Crippen molar-refractivity contribution in [3.63, 3.8) is 0 Å². The number of carbonyl (C=O) groups excluding carboxylic acids is 3. The Bertz CT molecular complexity index is 1310. The maximum atomic E-state index is 14.0. The van der Waals surface area contributed by atoms with Crippen molar-refractivity contribution in [2.45, 2.75) is 79.2 Å². The van der Waals surface area contributed by atoms with Crippen molar-refractivity contribution in [2.75, 3.05) is 27.9 Å². The van der Waals surface area contributed by atoms with Gasteiger partial charge in [-0.05, 0) is 72.7 Å². The molecular weight excluding hydrogens is 682 g/mol. The van der Waals surface area contributed by atoms with Gasteiger partial charge in [0.1, 0.15) is 40.5 Å². The van der Waals surface area contributed by atoms with Crippen LogP contribution in [0.15, 0.2) is 36.4 Å². The van der Waals surface area contributed by atoms with E-state index >= 15 is 0 Å². The molecule has 0 aliphatic carbocycles. The first kappa shape index (κ1) is 49.2. The third kappa shape index (κ3) is 18.3. The Balaban J connectivity index is -0.000000755. The zero-order chi connectivity index (χ0) is 36.7. The number of hydroxylamine groups is 2. The number of halogens is 5. The number of hydrogen-bond donors (Lipinski definition) is 3. The molecule has 12 nitrogen and oxygen atoms in total. The topological polar surface area (TPSA) is 153 Å². The molecule has 280 valence electrons. The molecule has 2 unspecified atom stereocenters. The lowest BCUT2D eigenvalue weighted by molar-refractivity contribution is -0.171. The number of aliphatic carboxylic acids is 1. The van der Waals surface area contributed by atoms with Gasteiger partial charge in [0.05, 0.1) is 18.2 Å². The molecule has 49 heavy (non-hydrogen) atoms. The number of likely N-dealkylation sites (N-methyl/N-ethyl adjacent to an activating group) is 1. The number of nitrogens with one attached hydrogen (secondary N) is 2. The lowest BCUT2D eigenvalue weighted by atomic mass is 10.0. The molecule has 0 aromatic heterocycles. The summed E-state index contributed by atoms with van der Waals surface area (Å²) >= 11 is 0. The van der Waals surface area contributed by atoms with Gasteiger partial charge in [0.25, 0.3) is 5.91 Å². The average molecular weight is 730 g/mol. The number of nitrogens with zero attached hydrogens (tertiary/aromatic N) is 1. The largest absolute Gasteiger partial charge is 0.479 e. The van der Waals surface area contributed by atoms with Crippen LogP contribution < -0.4 is 10.6 Å². The van der Waals surface area contributed by atoms with Gasteiger partial charge in [-0.3, -0.25) is 9.63 Å². The molecule has 0 aliphatic heterocycles. The summed E-state index contributed by atoms with van der Waals surface area (Å²) in [5.41, 5.74) is -3.03. The van der Waals surface area contributed by atoms with Crippen LogP contribution in [0.4, 0.5) is 27.2 Å². The van der Waals surface area contributed by atoms with Crippen LogP contribution in [-0.4, -0.2) is 73.3 Å². The third-order valence-corrected chi connectivity index (χ3v) is 5.27. The van der Waals surface area contributed by atoms with E-state index in [2.05, 4.69) is 10.1 Å². The number of benzene rings is 2. The molecule has 0 saturated carbocycles. The van der Waals surface area contributed by atoms with Crippen LogP contribution >= 0.6 is 12.4 Å². The van der Waals surface area contributed by atoms with Crippen molar-refractivity contribution in [1.29, 1.82) is 0 Å². The van der Waals surface area contributed by atoms with E-state index in [1.807, 2.05) is 12.2 Å². The highest BCUT2D eigenvalue weighted by molar-refractivity contribution is 5.86. The van der Waals surface area contributed by atoms with Crippen molar-refractivity contribution in [1.82, 2.24) is 15.7 Å². The first-order chi connectivity index (χ1) is 21.6. The van der Waals surface area contributed by atoms with E-state index in [0.29, 0.717) is 0 Å². The van der Waals surface area contributed by atoms with Gasteiger partial charge in [-0.15, -0.1) is 12.4 Å². The lowest BCUT2D eigenvalue weighted by Gasteiger charge is -2.26. The van der Waals surface area contributed by atoms with Crippen molar-refractivity contribution in [3.05, 3.63) is 70.8 Å². The van der Waals surface area contributed by atoms with E-state index < -0.39 is 81.7 Å². The van der Waals surface area contributed by atoms with Crippen molar-refractivity contribution in [2.24, 2.45) is 0 Å². The van der Waals surface area contributed by atoms with Crippen LogP contribution in [0.3, 0.4) is 0 Å². The molecule has 3 amide bonds. The van der Waals surface area contributed by atoms with Crippen LogP contribution in [-0.2, 0) is 28.6 Å². The number of methoxy groups -OCH3 is 1. The normalized spacial score (nSPS) is 11.6. The highest BCUT2D eigenvalue weighted by Gasteiger charge is 2.33. The van der Waals surface area contributed by atoms with Gasteiger partial charge >= 0.3 is 18.2 Å². The quantitative estimate of drug-likeness (QED) is 0.195. The summed E-state index contributed by atoms with van der Waals surface area (Å²) in [6, 6.07) is 2.55. The van der Waals surface area contributed by atoms with Crippen LogP contribution in [0.1, 0.15) is 79.1 Å². The minimum absolute atomic E-state index is 0. The van der Waals surface area contributed by atoms with Crippen LogP contribution in [0.25, 0.3) is 0 Å². The Hall–Kier alpha value is -4.15. The summed E-state index contributed by atoms with van der Waals surface area (Å²) in [7, 11) is 4.14. The summed E-state index contributed by atoms with van der Waals surface area (Å²) in [5.74, 6) is -6.52. The number of alkyl carbamates (subject to hydrolysis) is 2. The monoisotopic (exact) mass is 729 g/mol. The number of carboxylic acids is 1. The van der Waals surface area contributed by atoms with Gasteiger partial charge in [-0.1, -0.05) is 19.6 Å². The van der Waals surface area contributed by atoms with E-state index in [9.17, 15) is 36.7 Å². The Labute approximate surface area is 290 Å². The first-order valence-electron chi connectivity index (χ1n) is 14.0. The van der Waals surface area contributed by atoms with Crippen molar-refractivity contribution >= 4 is 36.5 Å². The van der Waals surface area contributed by atoms with Crippen LogP contribution in [0.5, 0.6) is 0 Å². The summed E-state index contributed by atoms with van der Waals surface area (Å²) < 4.78 is 69.5. The van der Waals surface area contributed by atoms with Gasteiger partial charge in [-0.25, -0.2) is 37.0 Å². The minimum Gasteiger partial charge on any atom is -0.479 e. The first-order valence-corrected chi connectivity index (χ1v) is 14.0. The molecule has 2 rings (SSSR count). The van der Waals surface area contributed by atoms with E-state index in [1.54, 1.807) is 48.7 Å². The van der Waals surface area contributed by atoms with Gasteiger partial charge in [0, 0.05) is 20.8 Å². The molecule has 0 spiro atoms. The standard InChI is InChI=1S/C15H20F2N2O4.C13H15F2NO4.C3H8O.CH4.ClH/c1-15(2,3)23-14(21)18-12(13(20)19(4)22-5)11-9(16)7-6-8-10(11)17;1-13(2,3)20-12(19)16-10(11(17)18)9-7(14)5-4-6-8(9)15;1-3-4-2;;/h6-8,12H,1-5H3,(H,18,21);4-6,10H,1-3H3,(H,16,19)(H,17,18);3H2,1-2H3;1H4;1H. The zero-order valence-electron chi connectivity index (χ0n) is 28.4. The van der Waals surface area contributed by atoms with Crippen molar-refractivity contribution in [3.8, 4) is 0 Å². The SMILES string of the molecule is C.CC(C)(C)OC(=O)NC(C(=O)O)c1c(F)cccc1F.CCOC.CON(C)C(=O)C(NC(=O)OC(C)(C)C)c1c(F)cccc1F.Cl. The Kier molecular flexibility index (Phi) is 22.6. The summed E-state index contributed by atoms with van der Waals surface area (Å²) in [6.45, 7) is 12.4. The highest BCUT2D eigenvalue weighted by Crippen LogP contribution is 2.24. The Morgan fingerprint density at radius 3 is 1.33 bits per heavy atom. The second-order valence-electron chi connectivity index (χ2n) is 11.4. The van der Waals surface area contributed by atoms with E-state index in [1.165, 1.54) is 14.2 Å². The van der Waals surface area contributed by atoms with Gasteiger partial charge in [-0.2, -0.15) is 0 Å². The number of amides is 3. The molecule has 2 aromatic rings. The Morgan fingerprint density at radius 2 is 1.06 bits per heavy atom. The van der Waals surface area contributed by atoms with Crippen LogP contribution in [0, 0.1) is 23.3 Å². The molecule has 2 aromatic carbocycles. The maximum Gasteiger partial charge on any atom is 0.408 e. The number of carbonyl (C=O) groups is 4. The van der Waals surface area contributed by atoms with E-state index in [0.717, 1.165) is 48.1 Å². The minimum atomic E-state index is -1.87. The number of ether oxygens (including phenoxy) is 3. The Morgan fingerprint density at radius 1 is 0.755 bits per heavy atom. The molecule has 2 atom stereocenters. The molecule has 0 bridgehead atoms. The summed E-state index contributed by atoms with van der Waals surface area (Å²) in [6.07, 6.45) is -2.06. The average Bonchev–Trinajstić information content (AvgIpc) is 2.93. The van der Waals surface area contributed by atoms with Gasteiger partial charge < -0.3 is 30.0 Å². The molecule has 0 fully saturated rings. The molecular formula is C32H48ClF4N3O9. The number of hydrogen-bond acceptors (Lipinski definition) is 8. The molecule has 0 saturated heterocycles. The third-order valence-electron chi connectivity index (χ3n) is 5.27. The fourth-order valence-electron chi connectivity index (χ4n) is 3.21. The predicted molar refractivity (Wildman–Crippen MR) is 176 cm³/mol. The van der Waals surface area contributed by atoms with Crippen LogP contribution in [0.2, 0.25) is 0 Å². The number of carboxylic acid groups (broad SMARTS) is 1. The maximum absolute atomic E-state index is 14.0. The van der Waals surface area contributed by atoms with Crippen molar-refractivity contribution < 1.29 is 60.9 Å². The van der Waals surface area contributed by atoms with E-state index in [4.69, 9.17) is 19.4 Å². The predicted octanol–water partition coefficient (Wildman–Crippen LogP) is 6.88. The lowest BCUT2D eigenvalue weighted by Crippen LogP contribution is -2.43. The molecule has 0 radical (unpaired) electrons. The van der Waals surface area contributed by atoms with E-state index in [-0.39, 0.29) is 19.8 Å². The fourth-order valence-corrected chi connectivity index (χ4v) is 3.21. The summed E-state index contributed by atoms with van der Waals surface area (Å²) in [5, 5.41) is 13.9. The molecule has 17 heteroatoms. The second-order valence-corrected chi connectivity index (χ2v) is 11.4. The molecule has 3 N–H and O–H groups in total. The van der Waals surface area contributed by atoms with Gasteiger partial charge in [0.15, 0.2) is 6.04 Å². The molecule has 0 heterocycles. The zero-order valence-corrected chi connectivity index (χ0v) is 29.2. The summed E-state index contributed by atoms with van der Waals surface area (Å²) in [4.78, 5) is 51.5. The van der Waals surface area contributed by atoms with Gasteiger partial charge in [0.2, 0.25) is 0 Å². The molecule has 0 aliphatic rings. The number of rotatable bonds is 8.